The number of rotatable bonds is 8. The van der Waals surface area contributed by atoms with Crippen LogP contribution < -0.4 is 4.90 Å². The first-order chi connectivity index (χ1) is 19.4. The molecule has 0 amide bonds. The Bertz CT molecular complexity index is 1360. The smallest absolute Gasteiger partial charge is 0.374 e. The molecule has 0 bridgehead atoms. The van der Waals surface area contributed by atoms with E-state index in [2.05, 4.69) is 15.4 Å². The molecule has 4 rings (SSSR count). The molecule has 2 aromatic carbocycles. The molecule has 6 nitrogen and oxygen atoms in total. The molecule has 1 aliphatic rings. The van der Waals surface area contributed by atoms with Gasteiger partial charge >= 0.3 is 18.5 Å². The zero-order valence-corrected chi connectivity index (χ0v) is 22.8. The van der Waals surface area contributed by atoms with Gasteiger partial charge in [-0.25, -0.2) is 0 Å². The molecule has 15 heteroatoms. The number of tetrazole rings is 1. The summed E-state index contributed by atoms with van der Waals surface area (Å²) in [6, 6.07) is 4.28. The summed E-state index contributed by atoms with van der Waals surface area (Å²) in [5, 5.41) is 11.6. The van der Waals surface area contributed by atoms with E-state index in [-0.39, 0.29) is 23.5 Å². The molecule has 0 aliphatic heterocycles. The van der Waals surface area contributed by atoms with Gasteiger partial charge in [-0.3, -0.25) is 0 Å². The van der Waals surface area contributed by atoms with Crippen LogP contribution in [0.5, 0.6) is 0 Å². The fourth-order valence-electron chi connectivity index (χ4n) is 5.49. The average Bonchev–Trinajstić information content (AvgIpc) is 3.59. The lowest BCUT2D eigenvalue weighted by molar-refractivity contribution is -0.143. The lowest BCUT2D eigenvalue weighted by atomic mass is 9.78. The highest BCUT2D eigenvalue weighted by Crippen LogP contribution is 2.45. The fraction of sp³-hybridized carbons (Fsp3) is 0.519. The van der Waals surface area contributed by atoms with E-state index in [1.807, 2.05) is 0 Å². The van der Waals surface area contributed by atoms with E-state index in [4.69, 9.17) is 4.74 Å². The van der Waals surface area contributed by atoms with Crippen LogP contribution >= 0.6 is 0 Å². The Hall–Kier alpha value is -3.36. The van der Waals surface area contributed by atoms with Crippen molar-refractivity contribution in [1.82, 2.24) is 20.2 Å². The van der Waals surface area contributed by atoms with Gasteiger partial charge in [-0.05, 0) is 77.9 Å². The van der Waals surface area contributed by atoms with Crippen molar-refractivity contribution in [3.05, 3.63) is 69.8 Å². The number of aryl methyl sites for hydroxylation is 1. The van der Waals surface area contributed by atoms with E-state index < -0.39 is 59.5 Å². The van der Waals surface area contributed by atoms with Crippen LogP contribution in [0.1, 0.15) is 66.0 Å². The predicted molar refractivity (Wildman–Crippen MR) is 133 cm³/mol. The number of aromatic nitrogens is 4. The largest absolute Gasteiger partial charge is 0.416 e. The van der Waals surface area contributed by atoms with Gasteiger partial charge < -0.3 is 9.64 Å². The number of hydrogen-bond donors (Lipinski definition) is 0. The van der Waals surface area contributed by atoms with Crippen LogP contribution in [-0.4, -0.2) is 27.3 Å². The van der Waals surface area contributed by atoms with Crippen LogP contribution in [0.25, 0.3) is 0 Å². The normalized spacial score (nSPS) is 16.6. The van der Waals surface area contributed by atoms with Gasteiger partial charge in [0.25, 0.3) is 5.95 Å². The molecular formula is C27H28F9N5O. The van der Waals surface area contributed by atoms with Crippen LogP contribution in [0.2, 0.25) is 0 Å². The van der Waals surface area contributed by atoms with Crippen molar-refractivity contribution in [2.45, 2.75) is 69.8 Å². The van der Waals surface area contributed by atoms with Gasteiger partial charge in [0, 0.05) is 20.2 Å². The molecule has 0 unspecified atom stereocenters. The van der Waals surface area contributed by atoms with Crippen LogP contribution in [0.4, 0.5) is 45.5 Å². The Labute approximate surface area is 235 Å². The highest BCUT2D eigenvalue weighted by atomic mass is 19.4. The SMILES string of the molecule is CO[C@](C)(c1ccc(C(F)(F)F)cc1CN(Cc1cc(C(F)(F)F)cc(C(F)(F)F)c1)c1nnn(C)n1)C1CCCC1. The molecule has 1 heterocycles. The summed E-state index contributed by atoms with van der Waals surface area (Å²) in [7, 11) is 2.83. The molecule has 42 heavy (non-hydrogen) atoms. The van der Waals surface area contributed by atoms with Crippen LogP contribution in [0.3, 0.4) is 0 Å². The van der Waals surface area contributed by atoms with E-state index in [0.29, 0.717) is 17.7 Å². The summed E-state index contributed by atoms with van der Waals surface area (Å²) in [5.41, 5.74) is -4.91. The zero-order chi connectivity index (χ0) is 31.1. The summed E-state index contributed by atoms with van der Waals surface area (Å²) in [4.78, 5) is 2.20. The maximum absolute atomic E-state index is 13.8. The molecule has 1 aromatic heterocycles. The second-order valence-electron chi connectivity index (χ2n) is 10.5. The van der Waals surface area contributed by atoms with E-state index >= 15 is 0 Å². The number of alkyl halides is 9. The van der Waals surface area contributed by atoms with Gasteiger partial charge in [-0.2, -0.15) is 44.3 Å². The highest BCUT2D eigenvalue weighted by molar-refractivity contribution is 5.43. The number of benzene rings is 2. The fourth-order valence-corrected chi connectivity index (χ4v) is 5.49. The first-order valence-corrected chi connectivity index (χ1v) is 12.9. The lowest BCUT2D eigenvalue weighted by Crippen LogP contribution is -2.35. The Balaban J connectivity index is 1.85. The Morgan fingerprint density at radius 2 is 1.40 bits per heavy atom. The molecule has 3 aromatic rings. The number of methoxy groups -OCH3 is 1. The molecule has 1 fully saturated rings. The minimum atomic E-state index is -5.08. The second kappa shape index (κ2) is 11.4. The Morgan fingerprint density at radius 1 is 0.833 bits per heavy atom. The summed E-state index contributed by atoms with van der Waals surface area (Å²) < 4.78 is 129. The van der Waals surface area contributed by atoms with Crippen molar-refractivity contribution in [2.24, 2.45) is 13.0 Å². The Kier molecular flexibility index (Phi) is 8.55. The standard InChI is InChI=1S/C27H28F9N5O/c1-24(42-3,18-6-4-5-7-18)22-9-8-19(25(28,29)30)12-17(22)15-41(23-37-39-40(2)38-23)14-16-10-20(26(31,32)33)13-21(11-16)27(34,35)36/h8-13,18H,4-7,14-15H2,1-3H3/t24-/m0/s1. The third-order valence-electron chi connectivity index (χ3n) is 7.69. The number of anilines is 1. The van der Waals surface area contributed by atoms with E-state index in [1.165, 1.54) is 25.1 Å². The highest BCUT2D eigenvalue weighted by Gasteiger charge is 2.41. The second-order valence-corrected chi connectivity index (χ2v) is 10.5. The molecule has 0 radical (unpaired) electrons. The van der Waals surface area contributed by atoms with Crippen molar-refractivity contribution in [3.63, 3.8) is 0 Å². The van der Waals surface area contributed by atoms with Crippen molar-refractivity contribution in [3.8, 4) is 0 Å². The third-order valence-corrected chi connectivity index (χ3v) is 7.69. The molecule has 0 saturated heterocycles. The zero-order valence-electron chi connectivity index (χ0n) is 22.8. The third kappa shape index (κ3) is 6.81. The summed E-state index contributed by atoms with van der Waals surface area (Å²) >= 11 is 0. The van der Waals surface area contributed by atoms with E-state index in [9.17, 15) is 39.5 Å². The first kappa shape index (κ1) is 31.6. The Morgan fingerprint density at radius 3 is 1.88 bits per heavy atom. The molecular weight excluding hydrogens is 581 g/mol. The number of halogens is 9. The van der Waals surface area contributed by atoms with Gasteiger partial charge in [0.1, 0.15) is 0 Å². The van der Waals surface area contributed by atoms with Crippen molar-refractivity contribution >= 4 is 5.95 Å². The van der Waals surface area contributed by atoms with Crippen molar-refractivity contribution in [1.29, 1.82) is 0 Å². The van der Waals surface area contributed by atoms with Crippen molar-refractivity contribution < 1.29 is 44.3 Å². The van der Waals surface area contributed by atoms with E-state index in [1.54, 1.807) is 6.92 Å². The predicted octanol–water partition coefficient (Wildman–Crippen LogP) is 7.53. The molecule has 1 aliphatic carbocycles. The topological polar surface area (TPSA) is 56.1 Å². The molecule has 1 saturated carbocycles. The number of nitrogens with zero attached hydrogens (tertiary/aromatic N) is 5. The van der Waals surface area contributed by atoms with Gasteiger partial charge in [0.2, 0.25) is 0 Å². The lowest BCUT2D eigenvalue weighted by Gasteiger charge is -2.37. The van der Waals surface area contributed by atoms with Gasteiger partial charge in [-0.1, -0.05) is 24.0 Å². The first-order valence-electron chi connectivity index (χ1n) is 12.9. The van der Waals surface area contributed by atoms with Gasteiger partial charge in [0.15, 0.2) is 0 Å². The van der Waals surface area contributed by atoms with Crippen LogP contribution in [0.15, 0.2) is 36.4 Å². The maximum atomic E-state index is 13.8. The molecule has 230 valence electrons. The van der Waals surface area contributed by atoms with Crippen LogP contribution in [-0.2, 0) is 49.0 Å². The minimum Gasteiger partial charge on any atom is -0.374 e. The van der Waals surface area contributed by atoms with Gasteiger partial charge in [-0.15, -0.1) is 5.10 Å². The molecule has 1 atom stereocenters. The summed E-state index contributed by atoms with van der Waals surface area (Å²) in [5.74, 6) is -0.231. The average molecular weight is 610 g/mol. The number of ether oxygens (including phenoxy) is 1. The van der Waals surface area contributed by atoms with E-state index in [0.717, 1.165) is 42.6 Å². The van der Waals surface area contributed by atoms with Crippen LogP contribution in [0, 0.1) is 5.92 Å². The summed E-state index contributed by atoms with van der Waals surface area (Å²) in [6.07, 6.45) is -11.5. The minimum absolute atomic E-state index is 0.00491. The van der Waals surface area contributed by atoms with Gasteiger partial charge in [0.05, 0.1) is 29.3 Å². The summed E-state index contributed by atoms with van der Waals surface area (Å²) in [6.45, 7) is 0.776. The molecule has 0 N–H and O–H groups in total. The van der Waals surface area contributed by atoms with Crippen molar-refractivity contribution in [2.75, 3.05) is 12.0 Å². The quantitative estimate of drug-likeness (QED) is 0.247. The molecule has 0 spiro atoms. The number of hydrogen-bond acceptors (Lipinski definition) is 5. The monoisotopic (exact) mass is 609 g/mol. The maximum Gasteiger partial charge on any atom is 0.416 e.